The molecule has 90 valence electrons. The first-order chi connectivity index (χ1) is 7.85. The molecule has 0 saturated heterocycles. The van der Waals surface area contributed by atoms with E-state index in [1.165, 1.54) is 32.1 Å². The van der Waals surface area contributed by atoms with Crippen LogP contribution in [0.4, 0.5) is 0 Å². The molecule has 1 unspecified atom stereocenters. The van der Waals surface area contributed by atoms with Gasteiger partial charge in [0.2, 0.25) is 0 Å². The molecule has 0 radical (unpaired) electrons. The lowest BCUT2D eigenvalue weighted by atomic mass is 9.77. The number of hydrogen-bond donors (Lipinski definition) is 3. The van der Waals surface area contributed by atoms with Crippen LogP contribution in [-0.2, 0) is 0 Å². The summed E-state index contributed by atoms with van der Waals surface area (Å²) >= 11 is 0. The zero-order chi connectivity index (χ0) is 11.4. The third-order valence-electron chi connectivity index (χ3n) is 3.93. The Morgan fingerprint density at radius 1 is 1.50 bits per heavy atom. The number of nitrogens with two attached hydrogens (primary N) is 1. The van der Waals surface area contributed by atoms with Crippen LogP contribution in [0.5, 0.6) is 0 Å². The number of aromatic nitrogens is 2. The van der Waals surface area contributed by atoms with Gasteiger partial charge in [0.15, 0.2) is 0 Å². The number of nitrogens with zero attached hydrogens (tertiary/aromatic N) is 1. The highest BCUT2D eigenvalue weighted by molar-refractivity contribution is 4.98. The van der Waals surface area contributed by atoms with E-state index in [0.29, 0.717) is 5.92 Å². The fourth-order valence-electron chi connectivity index (χ4n) is 2.82. The predicted molar refractivity (Wildman–Crippen MR) is 64.4 cm³/mol. The van der Waals surface area contributed by atoms with Gasteiger partial charge >= 0.3 is 0 Å². The first-order valence-electron chi connectivity index (χ1n) is 6.30. The average molecular weight is 222 g/mol. The predicted octanol–water partition coefficient (Wildman–Crippen LogP) is 2.13. The Balaban J connectivity index is 1.96. The van der Waals surface area contributed by atoms with Gasteiger partial charge in [0, 0.05) is 12.4 Å². The molecule has 1 aromatic heterocycles. The standard InChI is InChI=1S/C12H22N4/c1-2-9-3-5-10(6-4-9)11(16-13)12-14-7-8-15-12/h7-11,16H,2-6,13H2,1H3,(H,14,15). The van der Waals surface area contributed by atoms with Gasteiger partial charge in [-0.3, -0.25) is 5.84 Å². The summed E-state index contributed by atoms with van der Waals surface area (Å²) in [6.45, 7) is 2.29. The van der Waals surface area contributed by atoms with Crippen molar-refractivity contribution in [2.75, 3.05) is 0 Å². The van der Waals surface area contributed by atoms with E-state index in [-0.39, 0.29) is 6.04 Å². The van der Waals surface area contributed by atoms with Crippen molar-refractivity contribution in [2.24, 2.45) is 17.7 Å². The van der Waals surface area contributed by atoms with Crippen molar-refractivity contribution in [1.82, 2.24) is 15.4 Å². The minimum Gasteiger partial charge on any atom is -0.347 e. The molecule has 1 fully saturated rings. The third-order valence-corrected chi connectivity index (χ3v) is 3.93. The van der Waals surface area contributed by atoms with Crippen LogP contribution >= 0.6 is 0 Å². The molecule has 4 N–H and O–H groups in total. The van der Waals surface area contributed by atoms with Gasteiger partial charge < -0.3 is 4.98 Å². The number of hydrogen-bond acceptors (Lipinski definition) is 3. The largest absolute Gasteiger partial charge is 0.347 e. The second kappa shape index (κ2) is 5.46. The average Bonchev–Trinajstić information content (AvgIpc) is 2.85. The van der Waals surface area contributed by atoms with Crippen LogP contribution in [0.3, 0.4) is 0 Å². The topological polar surface area (TPSA) is 66.7 Å². The summed E-state index contributed by atoms with van der Waals surface area (Å²) in [6, 6.07) is 0.188. The lowest BCUT2D eigenvalue weighted by Crippen LogP contribution is -2.36. The van der Waals surface area contributed by atoms with Crippen LogP contribution in [0.2, 0.25) is 0 Å². The number of nitrogens with one attached hydrogen (secondary N) is 2. The Morgan fingerprint density at radius 3 is 2.75 bits per heavy atom. The van der Waals surface area contributed by atoms with Crippen molar-refractivity contribution < 1.29 is 0 Å². The van der Waals surface area contributed by atoms with Gasteiger partial charge in [-0.15, -0.1) is 0 Å². The van der Waals surface area contributed by atoms with Crippen molar-refractivity contribution in [3.05, 3.63) is 18.2 Å². The Hall–Kier alpha value is -0.870. The monoisotopic (exact) mass is 222 g/mol. The lowest BCUT2D eigenvalue weighted by Gasteiger charge is -2.32. The quantitative estimate of drug-likeness (QED) is 0.540. The van der Waals surface area contributed by atoms with Crippen molar-refractivity contribution in [3.8, 4) is 0 Å². The highest BCUT2D eigenvalue weighted by atomic mass is 15.3. The van der Waals surface area contributed by atoms with Crippen LogP contribution in [0.25, 0.3) is 0 Å². The fraction of sp³-hybridized carbons (Fsp3) is 0.750. The highest BCUT2D eigenvalue weighted by Gasteiger charge is 2.28. The van der Waals surface area contributed by atoms with Gasteiger partial charge in [-0.2, -0.15) is 0 Å². The summed E-state index contributed by atoms with van der Waals surface area (Å²) < 4.78 is 0. The Morgan fingerprint density at radius 2 is 2.25 bits per heavy atom. The number of H-pyrrole nitrogens is 1. The SMILES string of the molecule is CCC1CCC(C(NN)c2ncc[nH]2)CC1. The highest BCUT2D eigenvalue weighted by Crippen LogP contribution is 2.36. The van der Waals surface area contributed by atoms with Gasteiger partial charge in [-0.1, -0.05) is 26.2 Å². The molecule has 0 amide bonds. The number of imidazole rings is 1. The maximum absolute atomic E-state index is 5.65. The maximum atomic E-state index is 5.65. The zero-order valence-electron chi connectivity index (χ0n) is 9.95. The summed E-state index contributed by atoms with van der Waals surface area (Å²) in [4.78, 5) is 7.46. The van der Waals surface area contributed by atoms with Crippen molar-refractivity contribution in [2.45, 2.75) is 45.1 Å². The van der Waals surface area contributed by atoms with E-state index in [0.717, 1.165) is 11.7 Å². The summed E-state index contributed by atoms with van der Waals surface area (Å²) in [5, 5.41) is 0. The molecule has 4 heteroatoms. The zero-order valence-corrected chi connectivity index (χ0v) is 9.95. The minimum absolute atomic E-state index is 0.188. The Bertz CT molecular complexity index is 288. The fourth-order valence-corrected chi connectivity index (χ4v) is 2.82. The van der Waals surface area contributed by atoms with E-state index in [1.54, 1.807) is 6.20 Å². The van der Waals surface area contributed by atoms with Gasteiger partial charge in [-0.05, 0) is 24.7 Å². The summed E-state index contributed by atoms with van der Waals surface area (Å²) in [5.41, 5.74) is 2.91. The molecular weight excluding hydrogens is 200 g/mol. The maximum Gasteiger partial charge on any atom is 0.124 e. The molecule has 1 heterocycles. The molecule has 1 atom stereocenters. The van der Waals surface area contributed by atoms with E-state index in [1.807, 2.05) is 6.20 Å². The summed E-state index contributed by atoms with van der Waals surface area (Å²) in [6.07, 6.45) is 10.1. The van der Waals surface area contributed by atoms with E-state index in [4.69, 9.17) is 5.84 Å². The van der Waals surface area contributed by atoms with Gasteiger partial charge in [-0.25, -0.2) is 10.4 Å². The normalized spacial score (nSPS) is 27.9. The molecule has 0 bridgehead atoms. The van der Waals surface area contributed by atoms with Crippen LogP contribution in [0, 0.1) is 11.8 Å². The molecule has 1 saturated carbocycles. The number of hydrazine groups is 1. The number of aromatic amines is 1. The van der Waals surface area contributed by atoms with E-state index >= 15 is 0 Å². The smallest absolute Gasteiger partial charge is 0.124 e. The number of rotatable bonds is 4. The molecule has 0 aromatic carbocycles. The van der Waals surface area contributed by atoms with E-state index in [9.17, 15) is 0 Å². The molecule has 0 spiro atoms. The van der Waals surface area contributed by atoms with E-state index in [2.05, 4.69) is 22.3 Å². The van der Waals surface area contributed by atoms with Crippen molar-refractivity contribution in [1.29, 1.82) is 0 Å². The van der Waals surface area contributed by atoms with Crippen LogP contribution in [0.15, 0.2) is 12.4 Å². The van der Waals surface area contributed by atoms with Crippen LogP contribution < -0.4 is 11.3 Å². The Labute approximate surface area is 97.0 Å². The molecule has 4 nitrogen and oxygen atoms in total. The molecular formula is C12H22N4. The molecule has 1 aliphatic rings. The summed E-state index contributed by atoms with van der Waals surface area (Å²) in [5.74, 6) is 8.17. The first kappa shape index (κ1) is 11.6. The van der Waals surface area contributed by atoms with Crippen LogP contribution in [0.1, 0.15) is 50.9 Å². The van der Waals surface area contributed by atoms with Crippen molar-refractivity contribution >= 4 is 0 Å². The lowest BCUT2D eigenvalue weighted by molar-refractivity contribution is 0.215. The van der Waals surface area contributed by atoms with Gasteiger partial charge in [0.05, 0.1) is 6.04 Å². The Kier molecular flexibility index (Phi) is 3.96. The minimum atomic E-state index is 0.188. The molecule has 0 aliphatic heterocycles. The summed E-state index contributed by atoms with van der Waals surface area (Å²) in [7, 11) is 0. The molecule has 2 rings (SSSR count). The van der Waals surface area contributed by atoms with Crippen LogP contribution in [-0.4, -0.2) is 9.97 Å². The molecule has 1 aromatic rings. The van der Waals surface area contributed by atoms with E-state index < -0.39 is 0 Å². The van der Waals surface area contributed by atoms with Crippen molar-refractivity contribution in [3.63, 3.8) is 0 Å². The third kappa shape index (κ3) is 2.44. The first-order valence-corrected chi connectivity index (χ1v) is 6.30. The van der Waals surface area contributed by atoms with Gasteiger partial charge in [0.25, 0.3) is 0 Å². The second-order valence-corrected chi connectivity index (χ2v) is 4.81. The molecule has 16 heavy (non-hydrogen) atoms. The molecule has 1 aliphatic carbocycles. The second-order valence-electron chi connectivity index (χ2n) is 4.81. The van der Waals surface area contributed by atoms with Gasteiger partial charge in [0.1, 0.15) is 5.82 Å².